The Morgan fingerprint density at radius 1 is 1.15 bits per heavy atom. The van der Waals surface area contributed by atoms with Crippen LogP contribution in [0.5, 0.6) is 0 Å². The van der Waals surface area contributed by atoms with Gasteiger partial charge < -0.3 is 10.6 Å². The van der Waals surface area contributed by atoms with Gasteiger partial charge in [0.25, 0.3) is 0 Å². The van der Waals surface area contributed by atoms with Gasteiger partial charge in [-0.25, -0.2) is 0 Å². The van der Waals surface area contributed by atoms with Crippen molar-refractivity contribution in [1.29, 1.82) is 0 Å². The lowest BCUT2D eigenvalue weighted by Gasteiger charge is -2.45. The molecule has 4 heteroatoms. The SMILES string of the molecule is CC(C(=O)N1CCCCCC1)N1CCC(N)C(C)(C)C1. The number of nitrogens with zero attached hydrogens (tertiary/aromatic N) is 2. The number of hydrogen-bond donors (Lipinski definition) is 1. The average Bonchev–Trinajstić information content (AvgIpc) is 2.69. The second kappa shape index (κ2) is 6.44. The van der Waals surface area contributed by atoms with Crippen LogP contribution in [-0.2, 0) is 4.79 Å². The third-order valence-electron chi connectivity index (χ3n) is 5.16. The van der Waals surface area contributed by atoms with Crippen molar-refractivity contribution in [2.24, 2.45) is 11.1 Å². The van der Waals surface area contributed by atoms with E-state index in [9.17, 15) is 4.79 Å². The van der Waals surface area contributed by atoms with E-state index in [2.05, 4.69) is 30.6 Å². The highest BCUT2D eigenvalue weighted by atomic mass is 16.2. The van der Waals surface area contributed by atoms with Gasteiger partial charge in [-0.05, 0) is 31.6 Å². The maximum Gasteiger partial charge on any atom is 0.239 e. The molecule has 2 saturated heterocycles. The lowest BCUT2D eigenvalue weighted by molar-refractivity contribution is -0.137. The van der Waals surface area contributed by atoms with E-state index < -0.39 is 0 Å². The molecule has 4 nitrogen and oxygen atoms in total. The zero-order chi connectivity index (χ0) is 14.8. The maximum atomic E-state index is 12.7. The summed E-state index contributed by atoms with van der Waals surface area (Å²) in [5.41, 5.74) is 6.30. The van der Waals surface area contributed by atoms with Crippen LogP contribution in [0, 0.1) is 5.41 Å². The van der Waals surface area contributed by atoms with Gasteiger partial charge in [0, 0.05) is 32.2 Å². The van der Waals surface area contributed by atoms with Crippen LogP contribution in [0.3, 0.4) is 0 Å². The molecule has 2 aliphatic heterocycles. The van der Waals surface area contributed by atoms with Crippen molar-refractivity contribution in [3.63, 3.8) is 0 Å². The maximum absolute atomic E-state index is 12.7. The molecule has 0 aliphatic carbocycles. The fraction of sp³-hybridized carbons (Fsp3) is 0.938. The summed E-state index contributed by atoms with van der Waals surface area (Å²) in [5.74, 6) is 0.318. The highest BCUT2D eigenvalue weighted by Gasteiger charge is 2.37. The molecule has 0 saturated carbocycles. The van der Waals surface area contributed by atoms with Crippen LogP contribution in [0.1, 0.15) is 52.9 Å². The molecule has 2 fully saturated rings. The lowest BCUT2D eigenvalue weighted by Crippen LogP contribution is -2.57. The molecule has 2 heterocycles. The van der Waals surface area contributed by atoms with Crippen molar-refractivity contribution in [2.45, 2.75) is 65.0 Å². The second-order valence-corrected chi connectivity index (χ2v) is 7.27. The normalized spacial score (nSPS) is 29.8. The highest BCUT2D eigenvalue weighted by Crippen LogP contribution is 2.29. The van der Waals surface area contributed by atoms with Crippen molar-refractivity contribution in [1.82, 2.24) is 9.80 Å². The summed E-state index contributed by atoms with van der Waals surface area (Å²) in [5, 5.41) is 0. The minimum absolute atomic E-state index is 0.000116. The van der Waals surface area contributed by atoms with Crippen LogP contribution in [0.4, 0.5) is 0 Å². The molecule has 2 aliphatic rings. The smallest absolute Gasteiger partial charge is 0.239 e. The molecule has 1 amide bonds. The van der Waals surface area contributed by atoms with Gasteiger partial charge >= 0.3 is 0 Å². The highest BCUT2D eigenvalue weighted by molar-refractivity contribution is 5.81. The van der Waals surface area contributed by atoms with Crippen molar-refractivity contribution in [3.8, 4) is 0 Å². The Labute approximate surface area is 123 Å². The Balaban J connectivity index is 1.96. The van der Waals surface area contributed by atoms with E-state index in [4.69, 9.17) is 5.73 Å². The molecule has 2 atom stereocenters. The number of amides is 1. The Morgan fingerprint density at radius 2 is 1.75 bits per heavy atom. The van der Waals surface area contributed by atoms with Crippen LogP contribution < -0.4 is 5.73 Å². The molecule has 0 aromatic rings. The van der Waals surface area contributed by atoms with Crippen molar-refractivity contribution < 1.29 is 4.79 Å². The number of carbonyl (C=O) groups is 1. The minimum atomic E-state index is -0.000116. The molecular weight excluding hydrogens is 250 g/mol. The molecule has 0 bridgehead atoms. The summed E-state index contributed by atoms with van der Waals surface area (Å²) in [6, 6.07) is 0.249. The number of likely N-dealkylation sites (tertiary alicyclic amines) is 2. The van der Waals surface area contributed by atoms with E-state index in [1.54, 1.807) is 0 Å². The number of piperidine rings is 1. The van der Waals surface area contributed by atoms with E-state index in [1.807, 2.05) is 0 Å². The minimum Gasteiger partial charge on any atom is -0.341 e. The van der Waals surface area contributed by atoms with E-state index >= 15 is 0 Å². The predicted octanol–water partition coefficient (Wildman–Crippen LogP) is 1.84. The molecule has 116 valence electrons. The number of carbonyl (C=O) groups excluding carboxylic acids is 1. The quantitative estimate of drug-likeness (QED) is 0.840. The van der Waals surface area contributed by atoms with Gasteiger partial charge in [-0.2, -0.15) is 0 Å². The Bertz CT molecular complexity index is 335. The first-order valence-corrected chi connectivity index (χ1v) is 8.20. The second-order valence-electron chi connectivity index (χ2n) is 7.27. The van der Waals surface area contributed by atoms with Crippen LogP contribution in [0.25, 0.3) is 0 Å². The molecule has 0 radical (unpaired) electrons. The Kier molecular flexibility index (Phi) is 5.08. The molecule has 0 spiro atoms. The third kappa shape index (κ3) is 3.53. The topological polar surface area (TPSA) is 49.6 Å². The van der Waals surface area contributed by atoms with E-state index in [0.717, 1.165) is 45.4 Å². The summed E-state index contributed by atoms with van der Waals surface area (Å²) in [4.78, 5) is 17.1. The largest absolute Gasteiger partial charge is 0.341 e. The Hall–Kier alpha value is -0.610. The van der Waals surface area contributed by atoms with Crippen molar-refractivity contribution >= 4 is 5.91 Å². The van der Waals surface area contributed by atoms with Crippen molar-refractivity contribution in [2.75, 3.05) is 26.2 Å². The zero-order valence-corrected chi connectivity index (χ0v) is 13.4. The first kappa shape index (κ1) is 15.8. The average molecular weight is 281 g/mol. The predicted molar refractivity (Wildman–Crippen MR) is 82.5 cm³/mol. The van der Waals surface area contributed by atoms with Crippen LogP contribution in [-0.4, -0.2) is 54.0 Å². The lowest BCUT2D eigenvalue weighted by atomic mass is 9.79. The van der Waals surface area contributed by atoms with E-state index in [1.165, 1.54) is 12.8 Å². The summed E-state index contributed by atoms with van der Waals surface area (Å²) < 4.78 is 0. The summed E-state index contributed by atoms with van der Waals surface area (Å²) >= 11 is 0. The summed E-state index contributed by atoms with van der Waals surface area (Å²) in [6.07, 6.45) is 5.85. The molecule has 0 aromatic heterocycles. The fourth-order valence-electron chi connectivity index (χ4n) is 3.46. The molecule has 20 heavy (non-hydrogen) atoms. The molecule has 2 N–H and O–H groups in total. The Morgan fingerprint density at radius 3 is 2.30 bits per heavy atom. The molecule has 2 unspecified atom stereocenters. The standard InChI is InChI=1S/C16H31N3O/c1-13(15(20)18-9-6-4-5-7-10-18)19-11-8-14(17)16(2,3)12-19/h13-14H,4-12,17H2,1-3H3. The first-order valence-electron chi connectivity index (χ1n) is 8.20. The van der Waals surface area contributed by atoms with Gasteiger partial charge in [0.15, 0.2) is 0 Å². The first-order chi connectivity index (χ1) is 9.42. The number of hydrogen-bond acceptors (Lipinski definition) is 3. The zero-order valence-electron chi connectivity index (χ0n) is 13.4. The van der Waals surface area contributed by atoms with Gasteiger partial charge in [0.1, 0.15) is 0 Å². The monoisotopic (exact) mass is 281 g/mol. The van der Waals surface area contributed by atoms with Crippen LogP contribution >= 0.6 is 0 Å². The van der Waals surface area contributed by atoms with Crippen molar-refractivity contribution in [3.05, 3.63) is 0 Å². The fourth-order valence-corrected chi connectivity index (χ4v) is 3.46. The van der Waals surface area contributed by atoms with E-state index in [-0.39, 0.29) is 17.5 Å². The van der Waals surface area contributed by atoms with Crippen LogP contribution in [0.15, 0.2) is 0 Å². The van der Waals surface area contributed by atoms with Gasteiger partial charge in [-0.15, -0.1) is 0 Å². The summed E-state index contributed by atoms with van der Waals surface area (Å²) in [6.45, 7) is 10.3. The van der Waals surface area contributed by atoms with Gasteiger partial charge in [-0.3, -0.25) is 9.69 Å². The van der Waals surface area contributed by atoms with Gasteiger partial charge in [0.2, 0.25) is 5.91 Å². The van der Waals surface area contributed by atoms with Crippen LogP contribution in [0.2, 0.25) is 0 Å². The molecule has 2 rings (SSSR count). The summed E-state index contributed by atoms with van der Waals surface area (Å²) in [7, 11) is 0. The van der Waals surface area contributed by atoms with E-state index in [0.29, 0.717) is 5.91 Å². The number of nitrogens with two attached hydrogens (primary N) is 1. The third-order valence-corrected chi connectivity index (χ3v) is 5.16. The molecule has 0 aromatic carbocycles. The van der Waals surface area contributed by atoms with Gasteiger partial charge in [-0.1, -0.05) is 26.7 Å². The molecular formula is C16H31N3O. The van der Waals surface area contributed by atoms with Gasteiger partial charge in [0.05, 0.1) is 6.04 Å². The number of rotatable bonds is 2.